The number of nitro groups is 1. The Bertz CT molecular complexity index is 1210. The lowest BCUT2D eigenvalue weighted by molar-refractivity contribution is -0.386. The third kappa shape index (κ3) is 5.01. The molecule has 1 heterocycles. The summed E-state index contributed by atoms with van der Waals surface area (Å²) in [6, 6.07) is 10.6. The van der Waals surface area contributed by atoms with Gasteiger partial charge < -0.3 is 14.0 Å². The number of nitrogens with zero attached hydrogens (tertiary/aromatic N) is 2. The number of aromatic nitrogens is 1. The van der Waals surface area contributed by atoms with Gasteiger partial charge in [0.05, 0.1) is 29.7 Å². The van der Waals surface area contributed by atoms with Crippen LogP contribution in [0.4, 0.5) is 11.4 Å². The highest BCUT2D eigenvalue weighted by Crippen LogP contribution is 2.28. The van der Waals surface area contributed by atoms with Gasteiger partial charge in [0.25, 0.3) is 10.0 Å². The number of nitrogens with one attached hydrogen (secondary N) is 1. The number of hydrogen-bond acceptors (Lipinski definition) is 8. The Morgan fingerprint density at radius 1 is 1.06 bits per heavy atom. The molecule has 3 aromatic rings. The molecule has 10 nitrogen and oxygen atoms in total. The predicted molar refractivity (Wildman–Crippen MR) is 114 cm³/mol. The van der Waals surface area contributed by atoms with Crippen molar-refractivity contribution in [1.82, 2.24) is 5.16 Å². The molecule has 0 aliphatic heterocycles. The number of methoxy groups -OCH3 is 2. The van der Waals surface area contributed by atoms with Gasteiger partial charge in [-0.3, -0.25) is 14.8 Å². The van der Waals surface area contributed by atoms with Gasteiger partial charge in [0.15, 0.2) is 5.69 Å². The average molecular weight is 445 g/mol. The molecule has 0 bridgehead atoms. The third-order valence-corrected chi connectivity index (χ3v) is 5.66. The van der Waals surface area contributed by atoms with Crippen LogP contribution in [-0.2, 0) is 10.0 Å². The van der Waals surface area contributed by atoms with E-state index < -0.39 is 14.9 Å². The summed E-state index contributed by atoms with van der Waals surface area (Å²) in [4.78, 5) is 10.5. The minimum atomic E-state index is -3.86. The number of aryl methyl sites for hydroxylation is 1. The maximum Gasteiger partial charge on any atom is 0.338 e. The van der Waals surface area contributed by atoms with Gasteiger partial charge in [-0.05, 0) is 30.7 Å². The second-order valence-corrected chi connectivity index (χ2v) is 8.03. The quantitative estimate of drug-likeness (QED) is 0.408. The first-order chi connectivity index (χ1) is 14.7. The van der Waals surface area contributed by atoms with Crippen LogP contribution in [0.5, 0.6) is 11.5 Å². The van der Waals surface area contributed by atoms with E-state index in [2.05, 4.69) is 9.88 Å². The largest absolute Gasteiger partial charge is 0.497 e. The summed E-state index contributed by atoms with van der Waals surface area (Å²) in [7, 11) is -0.932. The summed E-state index contributed by atoms with van der Waals surface area (Å²) in [6.45, 7) is 1.48. The normalized spacial score (nSPS) is 11.5. The Hall–Kier alpha value is -3.86. The van der Waals surface area contributed by atoms with Gasteiger partial charge >= 0.3 is 5.69 Å². The fraction of sp³-hybridized carbons (Fsp3) is 0.150. The molecular weight excluding hydrogens is 426 g/mol. The van der Waals surface area contributed by atoms with E-state index >= 15 is 0 Å². The summed E-state index contributed by atoms with van der Waals surface area (Å²) in [5.41, 5.74) is 0.859. The van der Waals surface area contributed by atoms with E-state index in [1.165, 1.54) is 51.5 Å². The zero-order chi connectivity index (χ0) is 22.6. The first-order valence-electron chi connectivity index (χ1n) is 8.88. The van der Waals surface area contributed by atoms with Crippen LogP contribution in [0.15, 0.2) is 51.9 Å². The van der Waals surface area contributed by atoms with Crippen molar-refractivity contribution in [3.63, 3.8) is 0 Å². The Morgan fingerprint density at radius 2 is 1.68 bits per heavy atom. The van der Waals surface area contributed by atoms with E-state index in [1.807, 2.05) is 0 Å². The van der Waals surface area contributed by atoms with Gasteiger partial charge in [-0.2, -0.15) is 0 Å². The molecule has 1 N–H and O–H groups in total. The van der Waals surface area contributed by atoms with Gasteiger partial charge in [0.2, 0.25) is 5.76 Å². The monoisotopic (exact) mass is 445 g/mol. The van der Waals surface area contributed by atoms with E-state index in [1.54, 1.807) is 24.3 Å². The van der Waals surface area contributed by atoms with Crippen molar-refractivity contribution in [2.45, 2.75) is 11.8 Å². The van der Waals surface area contributed by atoms with E-state index in [4.69, 9.17) is 14.0 Å². The van der Waals surface area contributed by atoms with Crippen molar-refractivity contribution in [2.75, 3.05) is 18.9 Å². The zero-order valence-corrected chi connectivity index (χ0v) is 17.7. The van der Waals surface area contributed by atoms with E-state index in [0.717, 1.165) is 0 Å². The fourth-order valence-corrected chi connectivity index (χ4v) is 3.76. The number of rotatable bonds is 8. The van der Waals surface area contributed by atoms with Gasteiger partial charge in [0.1, 0.15) is 11.5 Å². The topological polar surface area (TPSA) is 134 Å². The number of sulfonamides is 1. The zero-order valence-electron chi connectivity index (χ0n) is 16.9. The van der Waals surface area contributed by atoms with E-state index in [-0.39, 0.29) is 27.7 Å². The van der Waals surface area contributed by atoms with Crippen LogP contribution < -0.4 is 14.2 Å². The van der Waals surface area contributed by atoms with Crippen LogP contribution in [0, 0.1) is 17.0 Å². The van der Waals surface area contributed by atoms with Crippen LogP contribution in [0.3, 0.4) is 0 Å². The lowest BCUT2D eigenvalue weighted by Gasteiger charge is -2.11. The Labute approximate surface area is 178 Å². The molecule has 0 fully saturated rings. The van der Waals surface area contributed by atoms with Crippen LogP contribution in [-0.4, -0.2) is 32.7 Å². The Kier molecular flexibility index (Phi) is 6.25. The highest BCUT2D eigenvalue weighted by Gasteiger charge is 2.22. The first-order valence-corrected chi connectivity index (χ1v) is 10.4. The maximum absolute atomic E-state index is 12.7. The second-order valence-electron chi connectivity index (χ2n) is 6.35. The number of benzene rings is 2. The van der Waals surface area contributed by atoms with Crippen LogP contribution in [0.25, 0.3) is 12.2 Å². The molecule has 0 radical (unpaired) electrons. The molecule has 162 valence electrons. The lowest BCUT2D eigenvalue weighted by atomic mass is 10.2. The van der Waals surface area contributed by atoms with E-state index in [0.29, 0.717) is 17.1 Å². The highest BCUT2D eigenvalue weighted by atomic mass is 32.2. The smallest absolute Gasteiger partial charge is 0.338 e. The summed E-state index contributed by atoms with van der Waals surface area (Å²) < 4.78 is 43.1. The Morgan fingerprint density at radius 3 is 2.23 bits per heavy atom. The number of hydrogen-bond donors (Lipinski definition) is 1. The summed E-state index contributed by atoms with van der Waals surface area (Å²) >= 11 is 0. The molecule has 2 aromatic carbocycles. The molecule has 11 heteroatoms. The molecule has 0 spiro atoms. The summed E-state index contributed by atoms with van der Waals surface area (Å²) in [5.74, 6) is 0.886. The molecule has 0 atom stereocenters. The molecule has 0 aliphatic carbocycles. The number of ether oxygens (including phenoxy) is 2. The highest BCUT2D eigenvalue weighted by molar-refractivity contribution is 7.92. The molecular formula is C20H19N3O7S. The van der Waals surface area contributed by atoms with Gasteiger partial charge in [-0.15, -0.1) is 0 Å². The average Bonchev–Trinajstić information content (AvgIpc) is 3.12. The van der Waals surface area contributed by atoms with Crippen molar-refractivity contribution in [3.8, 4) is 11.5 Å². The van der Waals surface area contributed by atoms with Gasteiger partial charge in [-0.1, -0.05) is 23.4 Å². The fourth-order valence-electron chi connectivity index (χ4n) is 2.72. The maximum atomic E-state index is 12.7. The molecule has 0 saturated carbocycles. The van der Waals surface area contributed by atoms with Crippen LogP contribution in [0.1, 0.15) is 17.0 Å². The third-order valence-electron chi connectivity index (χ3n) is 4.26. The van der Waals surface area contributed by atoms with Crippen molar-refractivity contribution in [3.05, 3.63) is 69.6 Å². The minimum Gasteiger partial charge on any atom is -0.497 e. The minimum absolute atomic E-state index is 0.00726. The van der Waals surface area contributed by atoms with E-state index in [9.17, 15) is 18.5 Å². The van der Waals surface area contributed by atoms with Crippen molar-refractivity contribution < 1.29 is 27.3 Å². The van der Waals surface area contributed by atoms with Crippen molar-refractivity contribution in [1.29, 1.82) is 0 Å². The predicted octanol–water partition coefficient (Wildman–Crippen LogP) is 3.88. The summed E-state index contributed by atoms with van der Waals surface area (Å²) in [6.07, 6.45) is 2.96. The van der Waals surface area contributed by atoms with Gasteiger partial charge in [0, 0.05) is 18.2 Å². The van der Waals surface area contributed by atoms with Crippen molar-refractivity contribution in [2.24, 2.45) is 0 Å². The van der Waals surface area contributed by atoms with Crippen LogP contribution >= 0.6 is 0 Å². The Balaban J connectivity index is 1.80. The first kappa shape index (κ1) is 21.8. The molecule has 1 aromatic heterocycles. The molecule has 31 heavy (non-hydrogen) atoms. The number of anilines is 1. The molecule has 0 amide bonds. The standard InChI is InChI=1S/C20H19N3O7S/c1-13-20(23(24)25)19(30-21-13)9-6-14-4-7-18(8-5-14)31(26,27)22-15-10-16(28-2)12-17(11-15)29-3/h4-12,22H,1-3H3/b9-6+. The van der Waals surface area contributed by atoms with Crippen molar-refractivity contribution >= 4 is 33.6 Å². The van der Waals surface area contributed by atoms with Gasteiger partial charge in [-0.25, -0.2) is 8.42 Å². The van der Waals surface area contributed by atoms with Crippen LogP contribution in [0.2, 0.25) is 0 Å². The molecule has 0 aliphatic rings. The second kappa shape index (κ2) is 8.88. The SMILES string of the molecule is COc1cc(NS(=O)(=O)c2ccc(/C=C/c3onc(C)c3[N+](=O)[O-])cc2)cc(OC)c1. The summed E-state index contributed by atoms with van der Waals surface area (Å²) in [5, 5.41) is 14.7. The molecule has 0 unspecified atom stereocenters. The molecule has 3 rings (SSSR count). The molecule has 0 saturated heterocycles. The lowest BCUT2D eigenvalue weighted by Crippen LogP contribution is -2.13.